The molecule has 1 unspecified atom stereocenters. The Bertz CT molecular complexity index is 2250. The van der Waals surface area contributed by atoms with Crippen molar-refractivity contribution in [1.29, 1.82) is 0 Å². The lowest BCUT2D eigenvalue weighted by Crippen LogP contribution is -2.51. The number of ether oxygens (including phenoxy) is 6. The van der Waals surface area contributed by atoms with Gasteiger partial charge in [-0.05, 0) is 49.2 Å². The van der Waals surface area contributed by atoms with Crippen molar-refractivity contribution in [3.8, 4) is 22.8 Å². The molecule has 7 rings (SSSR count). The zero-order valence-electron chi connectivity index (χ0n) is 30.3. The molecule has 3 aromatic heterocycles. The first-order valence-corrected chi connectivity index (χ1v) is 18.1. The van der Waals surface area contributed by atoms with Gasteiger partial charge in [0, 0.05) is 57.8 Å². The van der Waals surface area contributed by atoms with Crippen molar-refractivity contribution in [2.75, 3.05) is 66.1 Å². The van der Waals surface area contributed by atoms with Crippen LogP contribution >= 0.6 is 0 Å². The van der Waals surface area contributed by atoms with Crippen molar-refractivity contribution in [3.63, 3.8) is 0 Å². The van der Waals surface area contributed by atoms with E-state index in [-0.39, 0.29) is 41.9 Å². The Morgan fingerprint density at radius 3 is 2.09 bits per heavy atom. The number of amides is 3. The summed E-state index contributed by atoms with van der Waals surface area (Å²) < 4.78 is 63.5. The van der Waals surface area contributed by atoms with Gasteiger partial charge in [-0.15, -0.1) is 0 Å². The van der Waals surface area contributed by atoms with Gasteiger partial charge in [-0.25, -0.2) is 13.8 Å². The number of carbonyl (C=O) groups excluding carboxylic acids is 3. The summed E-state index contributed by atoms with van der Waals surface area (Å²) in [5, 5.41) is 3.29. The maximum atomic E-state index is 15.0. The molecule has 14 nitrogen and oxygen atoms in total. The van der Waals surface area contributed by atoms with E-state index < -0.39 is 35.4 Å². The Kier molecular flexibility index (Phi) is 12.2. The number of H-pyrrole nitrogens is 1. The van der Waals surface area contributed by atoms with Gasteiger partial charge in [0.25, 0.3) is 11.8 Å². The molecule has 2 aliphatic rings. The second-order valence-electron chi connectivity index (χ2n) is 12.9. The molecule has 2 aliphatic heterocycles. The van der Waals surface area contributed by atoms with E-state index in [0.717, 1.165) is 4.90 Å². The Morgan fingerprint density at radius 1 is 0.732 bits per heavy atom. The van der Waals surface area contributed by atoms with Crippen LogP contribution in [-0.4, -0.2) is 110 Å². The molecule has 1 saturated heterocycles. The Morgan fingerprint density at radius 2 is 1.41 bits per heavy atom. The topological polar surface area (TPSA) is 163 Å². The molecule has 1 fully saturated rings. The van der Waals surface area contributed by atoms with Crippen LogP contribution in [0.5, 0.6) is 11.6 Å². The number of halogens is 2. The summed E-state index contributed by atoms with van der Waals surface area (Å²) in [4.78, 5) is 50.6. The summed E-state index contributed by atoms with van der Waals surface area (Å²) in [6.07, 6.45) is 5.35. The average molecular weight is 772 g/mol. The zero-order valence-corrected chi connectivity index (χ0v) is 30.3. The van der Waals surface area contributed by atoms with Crippen LogP contribution < -0.4 is 14.8 Å². The minimum absolute atomic E-state index is 0.0843. The van der Waals surface area contributed by atoms with Gasteiger partial charge in [0.15, 0.2) is 11.6 Å². The van der Waals surface area contributed by atoms with Gasteiger partial charge in [0.05, 0.1) is 69.5 Å². The number of aromatic nitrogens is 3. The monoisotopic (exact) mass is 771 g/mol. The fourth-order valence-electron chi connectivity index (χ4n) is 6.48. The van der Waals surface area contributed by atoms with Crippen LogP contribution in [0.4, 0.5) is 8.78 Å². The molecule has 0 aliphatic carbocycles. The third-order valence-electron chi connectivity index (χ3n) is 9.23. The predicted octanol–water partition coefficient (Wildman–Crippen LogP) is 4.97. The molecule has 56 heavy (non-hydrogen) atoms. The number of nitrogens with zero attached hydrogens (tertiary/aromatic N) is 3. The van der Waals surface area contributed by atoms with Crippen molar-refractivity contribution in [1.82, 2.24) is 25.2 Å². The fraction of sp³-hybridized carbons (Fsp3) is 0.325. The van der Waals surface area contributed by atoms with Gasteiger partial charge in [-0.3, -0.25) is 24.3 Å². The van der Waals surface area contributed by atoms with Crippen LogP contribution in [0, 0.1) is 11.6 Å². The molecule has 292 valence electrons. The molecule has 0 bridgehead atoms. The number of pyridine rings is 2. The first-order valence-electron chi connectivity index (χ1n) is 18.1. The second-order valence-corrected chi connectivity index (χ2v) is 12.9. The number of fused-ring (bicyclic) bond motifs is 4. The summed E-state index contributed by atoms with van der Waals surface area (Å²) in [7, 11) is 0. The van der Waals surface area contributed by atoms with E-state index >= 15 is 8.78 Å². The minimum atomic E-state index is -0.961. The number of aromatic amines is 1. The molecule has 2 aromatic carbocycles. The van der Waals surface area contributed by atoms with Crippen LogP contribution in [-0.2, 0) is 23.7 Å². The molecular formula is C40H39F2N5O9. The van der Waals surface area contributed by atoms with Crippen molar-refractivity contribution in [2.24, 2.45) is 0 Å². The minimum Gasteiger partial charge on any atom is -0.491 e. The normalized spacial score (nSPS) is 15.5. The van der Waals surface area contributed by atoms with E-state index in [4.69, 9.17) is 28.4 Å². The summed E-state index contributed by atoms with van der Waals surface area (Å²) in [6.45, 7) is 6.99. The highest BCUT2D eigenvalue weighted by molar-refractivity contribution is 6.23. The number of rotatable bonds is 19. The Balaban J connectivity index is 0.702. The van der Waals surface area contributed by atoms with Crippen molar-refractivity contribution >= 4 is 39.5 Å². The van der Waals surface area contributed by atoms with Crippen LogP contribution in [0.15, 0.2) is 73.3 Å². The number of imide groups is 1. The van der Waals surface area contributed by atoms with Crippen LogP contribution in [0.25, 0.3) is 32.9 Å². The third kappa shape index (κ3) is 8.53. The number of carbonyl (C=O) groups is 3. The van der Waals surface area contributed by atoms with Crippen LogP contribution in [0.3, 0.4) is 0 Å². The van der Waals surface area contributed by atoms with E-state index in [1.807, 2.05) is 0 Å². The number of hydrogen-bond acceptors (Lipinski definition) is 11. The molecule has 0 spiro atoms. The molecule has 1 atom stereocenters. The van der Waals surface area contributed by atoms with Gasteiger partial charge in [0.1, 0.15) is 25.0 Å². The first kappa shape index (κ1) is 38.5. The number of benzene rings is 2. The van der Waals surface area contributed by atoms with Crippen LogP contribution in [0.2, 0.25) is 0 Å². The fourth-order valence-corrected chi connectivity index (χ4v) is 6.48. The molecule has 16 heteroatoms. The summed E-state index contributed by atoms with van der Waals surface area (Å²) in [5.41, 5.74) is 2.63. The molecule has 2 N–H and O–H groups in total. The van der Waals surface area contributed by atoms with Crippen LogP contribution in [0.1, 0.15) is 33.6 Å². The smallest absolute Gasteiger partial charge is 0.262 e. The van der Waals surface area contributed by atoms with Crippen molar-refractivity contribution in [2.45, 2.75) is 18.9 Å². The van der Waals surface area contributed by atoms with Gasteiger partial charge in [-0.1, -0.05) is 6.58 Å². The lowest BCUT2D eigenvalue weighted by Gasteiger charge is -2.29. The third-order valence-corrected chi connectivity index (χ3v) is 9.23. The lowest BCUT2D eigenvalue weighted by atomic mass is 10.0. The Labute approximate surface area is 319 Å². The average Bonchev–Trinajstić information content (AvgIpc) is 3.69. The number of hydrogen-bond donors (Lipinski definition) is 2. The molecule has 0 saturated carbocycles. The highest BCUT2D eigenvalue weighted by Gasteiger charge is 2.44. The molecule has 5 aromatic rings. The molecule has 5 heterocycles. The highest BCUT2D eigenvalue weighted by Crippen LogP contribution is 2.35. The largest absolute Gasteiger partial charge is 0.491 e. The van der Waals surface area contributed by atoms with Crippen molar-refractivity contribution in [3.05, 3.63) is 96.1 Å². The SMILES string of the molecule is C=C1CCC(N2C(=O)c3ccc(OCCOCCOCCOCCOCCOc4ccc(-c5cc6[nH]c7ccncc7c6c(F)c5F)cn4)cc3C2=O)C(=O)N1. The van der Waals surface area contributed by atoms with E-state index in [0.29, 0.717) is 98.4 Å². The maximum Gasteiger partial charge on any atom is 0.262 e. The van der Waals surface area contributed by atoms with E-state index in [2.05, 4.69) is 26.8 Å². The molecule has 0 radical (unpaired) electrons. The second kappa shape index (κ2) is 17.8. The summed E-state index contributed by atoms with van der Waals surface area (Å²) in [5.74, 6) is -2.60. The standard InChI is InChI=1S/C40H39F2N5O9/c1-24-2-6-33(38(48)45-24)47-39(49)27-5-4-26(20-29(27)40(47)50)55-18-16-53-14-12-51-10-11-52-13-15-54-17-19-56-34-7-3-25(22-44-34)28-21-32-35(37(42)36(28)41)30-23-43-9-8-31(30)46-32/h3-5,7-9,20-23,33,46H,1-2,6,10-19H2,(H,45,48). The predicted molar refractivity (Wildman–Crippen MR) is 198 cm³/mol. The zero-order chi connectivity index (χ0) is 39.0. The Hall–Kier alpha value is -5.81. The lowest BCUT2D eigenvalue weighted by molar-refractivity contribution is -0.125. The summed E-state index contributed by atoms with van der Waals surface area (Å²) >= 11 is 0. The molecule has 3 amide bonds. The molecular weight excluding hydrogens is 732 g/mol. The first-order chi connectivity index (χ1) is 27.3. The van der Waals surface area contributed by atoms with Crippen molar-refractivity contribution < 1.29 is 51.6 Å². The van der Waals surface area contributed by atoms with E-state index in [1.54, 1.807) is 36.5 Å². The van der Waals surface area contributed by atoms with Gasteiger partial charge in [-0.2, -0.15) is 0 Å². The van der Waals surface area contributed by atoms with Gasteiger partial charge >= 0.3 is 0 Å². The maximum absolute atomic E-state index is 15.0. The van der Waals surface area contributed by atoms with Gasteiger partial charge in [0.2, 0.25) is 11.8 Å². The highest BCUT2D eigenvalue weighted by atomic mass is 19.2. The van der Waals surface area contributed by atoms with E-state index in [1.165, 1.54) is 24.5 Å². The summed E-state index contributed by atoms with van der Waals surface area (Å²) in [6, 6.07) is 10.3. The van der Waals surface area contributed by atoms with Gasteiger partial charge < -0.3 is 38.7 Å². The number of nitrogens with one attached hydrogen (secondary N) is 2. The number of piperidine rings is 1. The quantitative estimate of drug-likeness (QED) is 0.0861. The number of allylic oxidation sites excluding steroid dienone is 1. The van der Waals surface area contributed by atoms with E-state index in [9.17, 15) is 14.4 Å².